The van der Waals surface area contributed by atoms with Gasteiger partial charge in [-0.05, 0) is 194 Å². The molecule has 4 saturated carbocycles. The van der Waals surface area contributed by atoms with E-state index in [-0.39, 0.29) is 16.2 Å². The van der Waals surface area contributed by atoms with Gasteiger partial charge in [0.05, 0.1) is 0 Å². The van der Waals surface area contributed by atoms with Crippen molar-refractivity contribution in [2.45, 2.75) is 92.3 Å². The van der Waals surface area contributed by atoms with Crippen molar-refractivity contribution >= 4 is 39.6 Å². The van der Waals surface area contributed by atoms with Gasteiger partial charge in [0, 0.05) is 32.3 Å². The molecule has 2 spiro atoms. The lowest BCUT2D eigenvalue weighted by atomic mass is 9.26. The smallest absolute Gasteiger partial charge is 0.0465 e. The lowest BCUT2D eigenvalue weighted by Gasteiger charge is -2.78. The molecule has 1 heterocycles. The Labute approximate surface area is 360 Å². The molecule has 7 aromatic carbocycles. The fourth-order valence-electron chi connectivity index (χ4n) is 14.4. The summed E-state index contributed by atoms with van der Waals surface area (Å²) in [7, 11) is 0. The van der Waals surface area contributed by atoms with E-state index in [1.54, 1.807) is 11.1 Å². The van der Waals surface area contributed by atoms with Gasteiger partial charge < -0.3 is 4.90 Å². The van der Waals surface area contributed by atoms with Crippen LogP contribution in [0.4, 0.5) is 17.1 Å². The molecular formula is C58H53NS. The summed E-state index contributed by atoms with van der Waals surface area (Å²) in [5.41, 5.74) is 16.1. The van der Waals surface area contributed by atoms with Crippen LogP contribution in [0.15, 0.2) is 161 Å². The van der Waals surface area contributed by atoms with Gasteiger partial charge in [-0.3, -0.25) is 0 Å². The molecule has 296 valence electrons. The second-order valence-corrected chi connectivity index (χ2v) is 21.9. The molecule has 0 amide bonds. The van der Waals surface area contributed by atoms with Gasteiger partial charge in [0.1, 0.15) is 0 Å². The molecular weight excluding hydrogens is 743 g/mol. The van der Waals surface area contributed by atoms with Crippen LogP contribution in [-0.2, 0) is 16.2 Å². The van der Waals surface area contributed by atoms with Crippen LogP contribution >= 0.6 is 11.8 Å². The molecule has 5 aliphatic carbocycles. The van der Waals surface area contributed by atoms with E-state index in [4.69, 9.17) is 0 Å². The van der Waals surface area contributed by atoms with Gasteiger partial charge in [0.15, 0.2) is 0 Å². The Hall–Kier alpha value is -5.05. The fourth-order valence-corrected chi connectivity index (χ4v) is 15.6. The summed E-state index contributed by atoms with van der Waals surface area (Å²) in [6, 6.07) is 58.5. The lowest BCUT2D eigenvalue weighted by molar-refractivity contribution is -0.235. The van der Waals surface area contributed by atoms with E-state index in [0.717, 1.165) is 23.7 Å². The van der Waals surface area contributed by atoms with E-state index in [1.807, 2.05) is 11.8 Å². The summed E-state index contributed by atoms with van der Waals surface area (Å²) in [5.74, 6) is 3.45. The summed E-state index contributed by atoms with van der Waals surface area (Å²) >= 11 is 2.02. The van der Waals surface area contributed by atoms with E-state index in [1.165, 1.54) is 110 Å². The van der Waals surface area contributed by atoms with Crippen molar-refractivity contribution in [3.63, 3.8) is 0 Å². The largest absolute Gasteiger partial charge is 0.310 e. The number of nitrogens with zero attached hydrogens (tertiary/aromatic N) is 1. The maximum atomic E-state index is 2.67. The van der Waals surface area contributed by atoms with E-state index >= 15 is 0 Å². The molecule has 0 saturated heterocycles. The Morgan fingerprint density at radius 2 is 1.05 bits per heavy atom. The Bertz CT molecular complexity index is 2900. The third kappa shape index (κ3) is 4.72. The maximum absolute atomic E-state index is 2.67. The summed E-state index contributed by atoms with van der Waals surface area (Å²) in [5, 5.41) is 2.54. The Balaban J connectivity index is 0.937. The third-order valence-electron chi connectivity index (χ3n) is 17.2. The average Bonchev–Trinajstić information content (AvgIpc) is 3.81. The Morgan fingerprint density at radius 1 is 0.467 bits per heavy atom. The summed E-state index contributed by atoms with van der Waals surface area (Å²) in [4.78, 5) is 5.57. The van der Waals surface area contributed by atoms with Crippen molar-refractivity contribution in [1.29, 1.82) is 0 Å². The topological polar surface area (TPSA) is 3.24 Å². The number of hydrogen-bond acceptors (Lipinski definition) is 2. The van der Waals surface area contributed by atoms with Gasteiger partial charge in [0.25, 0.3) is 0 Å². The van der Waals surface area contributed by atoms with Crippen molar-refractivity contribution < 1.29 is 0 Å². The van der Waals surface area contributed by atoms with Crippen LogP contribution in [0.2, 0.25) is 0 Å². The number of anilines is 3. The molecule has 2 heteroatoms. The fraction of sp³-hybridized carbons (Fsp3) is 0.310. The first-order valence-electron chi connectivity index (χ1n) is 22.7. The molecule has 60 heavy (non-hydrogen) atoms. The first kappa shape index (κ1) is 35.7. The molecule has 6 unspecified atom stereocenters. The molecule has 0 aromatic heterocycles. The van der Waals surface area contributed by atoms with Crippen LogP contribution in [0, 0.1) is 29.1 Å². The zero-order chi connectivity index (χ0) is 40.2. The molecule has 0 N–H and O–H groups in total. The van der Waals surface area contributed by atoms with Gasteiger partial charge in [-0.15, -0.1) is 0 Å². The number of rotatable bonds is 5. The highest BCUT2D eigenvalue weighted by atomic mass is 32.2. The van der Waals surface area contributed by atoms with Gasteiger partial charge in [-0.1, -0.05) is 130 Å². The molecule has 6 aliphatic rings. The number of benzene rings is 7. The predicted molar refractivity (Wildman–Crippen MR) is 251 cm³/mol. The van der Waals surface area contributed by atoms with Crippen molar-refractivity contribution in [1.82, 2.24) is 0 Å². The lowest BCUT2D eigenvalue weighted by Crippen LogP contribution is -2.74. The average molecular weight is 796 g/mol. The minimum Gasteiger partial charge on any atom is -0.310 e. The zero-order valence-electron chi connectivity index (χ0n) is 35.3. The van der Waals surface area contributed by atoms with Gasteiger partial charge in [-0.25, -0.2) is 0 Å². The molecule has 0 radical (unpaired) electrons. The minimum atomic E-state index is 0.122. The third-order valence-corrected chi connectivity index (χ3v) is 18.4. The molecule has 7 aromatic rings. The normalized spacial score (nSPS) is 27.9. The number of fused-ring (bicyclic) bond motifs is 9. The first-order valence-corrected chi connectivity index (χ1v) is 23.5. The van der Waals surface area contributed by atoms with Crippen LogP contribution < -0.4 is 4.90 Å². The van der Waals surface area contributed by atoms with Crippen LogP contribution in [0.25, 0.3) is 33.0 Å². The highest BCUT2D eigenvalue weighted by Crippen LogP contribution is 2.89. The second kappa shape index (κ2) is 12.3. The van der Waals surface area contributed by atoms with E-state index in [2.05, 4.69) is 184 Å². The monoisotopic (exact) mass is 795 g/mol. The van der Waals surface area contributed by atoms with Crippen molar-refractivity contribution in [3.8, 4) is 22.3 Å². The zero-order valence-corrected chi connectivity index (χ0v) is 36.2. The van der Waals surface area contributed by atoms with Crippen LogP contribution in [0.5, 0.6) is 0 Å². The quantitative estimate of drug-likeness (QED) is 0.171. The van der Waals surface area contributed by atoms with Crippen LogP contribution in [0.1, 0.15) is 88.5 Å². The van der Waals surface area contributed by atoms with Gasteiger partial charge >= 0.3 is 0 Å². The maximum Gasteiger partial charge on any atom is 0.0465 e. The van der Waals surface area contributed by atoms with Crippen LogP contribution in [0.3, 0.4) is 0 Å². The molecule has 4 fully saturated rings. The van der Waals surface area contributed by atoms with E-state index in [9.17, 15) is 0 Å². The van der Waals surface area contributed by atoms with Crippen LogP contribution in [-0.4, -0.2) is 0 Å². The Kier molecular flexibility index (Phi) is 7.31. The van der Waals surface area contributed by atoms with Crippen molar-refractivity contribution in [2.75, 3.05) is 4.90 Å². The predicted octanol–water partition coefficient (Wildman–Crippen LogP) is 15.8. The second-order valence-electron chi connectivity index (χ2n) is 20.9. The summed E-state index contributed by atoms with van der Waals surface area (Å²) < 4.78 is 0. The Morgan fingerprint density at radius 3 is 1.78 bits per heavy atom. The molecule has 2 bridgehead atoms. The first-order chi connectivity index (χ1) is 29.1. The van der Waals surface area contributed by atoms with E-state index < -0.39 is 0 Å². The highest BCUT2D eigenvalue weighted by molar-refractivity contribution is 7.99. The number of hydrogen-bond donors (Lipinski definition) is 0. The van der Waals surface area contributed by atoms with Crippen molar-refractivity contribution in [2.24, 2.45) is 29.1 Å². The summed E-state index contributed by atoms with van der Waals surface area (Å²) in [6.07, 6.45) is 8.24. The van der Waals surface area contributed by atoms with Crippen molar-refractivity contribution in [3.05, 3.63) is 174 Å². The highest BCUT2D eigenvalue weighted by Gasteiger charge is 2.84. The molecule has 1 aliphatic heterocycles. The molecule has 13 rings (SSSR count). The van der Waals surface area contributed by atoms with Gasteiger partial charge in [0.2, 0.25) is 0 Å². The molecule has 6 atom stereocenters. The molecule has 1 nitrogen and oxygen atoms in total. The SMILES string of the molecule is CC1(C)CCC(C)(C)c2cc(N(c3ccc(-c4ccc5cc(-c6ccccc6)ccc5c4)cc3)c3ccc4c(c3)C3(c5ccccc5S4)C4CC5CC6CC3C64C5)ccc21. The van der Waals surface area contributed by atoms with Gasteiger partial charge in [-0.2, -0.15) is 0 Å². The minimum absolute atomic E-state index is 0.122. The standard InChI is InChI=1S/C58H53NS/c1-55(2)26-27-56(3,4)49-33-45(22-24-47(49)55)59(44-20-18-38(19-21-44)40-15-17-41-30-39(14-16-42(41)31-40)37-10-6-5-7-11-37)46-23-25-52-50(34-46)58(48-12-8-9-13-51(48)60-52)53-29-36-28-43-32-54(58)57(43,53)35-36/h5-25,30-31,33-34,36,43,53-54H,26-29,32,35H2,1-4H3. The van der Waals surface area contributed by atoms with E-state index in [0.29, 0.717) is 5.41 Å². The summed E-state index contributed by atoms with van der Waals surface area (Å²) in [6.45, 7) is 9.80.